The van der Waals surface area contributed by atoms with Crippen molar-refractivity contribution >= 4 is 28.7 Å². The lowest BCUT2D eigenvalue weighted by Crippen LogP contribution is -2.37. The molecule has 1 atom stereocenters. The standard InChI is InChI=1S/C18H20N2S2/c1-2-22-18(14-9-5-3-6-10-14,15-11-7-4-8-12-15)16-13-21-17(19)20-16/h3-12,16H,2,13H2,1H3,(H2,19,20). The van der Waals surface area contributed by atoms with Gasteiger partial charge in [0.25, 0.3) is 0 Å². The second-order valence-corrected chi connectivity index (χ2v) is 7.75. The Morgan fingerprint density at radius 2 is 1.64 bits per heavy atom. The number of rotatable bonds is 5. The second-order valence-electron chi connectivity index (χ2n) is 5.19. The van der Waals surface area contributed by atoms with Crippen LogP contribution in [0.5, 0.6) is 0 Å². The van der Waals surface area contributed by atoms with Crippen LogP contribution in [0.2, 0.25) is 0 Å². The van der Waals surface area contributed by atoms with Crippen molar-refractivity contribution in [2.24, 2.45) is 10.7 Å². The van der Waals surface area contributed by atoms with Gasteiger partial charge in [-0.05, 0) is 16.9 Å². The Kier molecular flexibility index (Phi) is 4.79. The van der Waals surface area contributed by atoms with Crippen LogP contribution in [-0.4, -0.2) is 22.7 Å². The van der Waals surface area contributed by atoms with Crippen molar-refractivity contribution in [2.75, 3.05) is 11.5 Å². The summed E-state index contributed by atoms with van der Waals surface area (Å²) in [4.78, 5) is 4.77. The van der Waals surface area contributed by atoms with Crippen LogP contribution in [0.4, 0.5) is 0 Å². The Morgan fingerprint density at radius 1 is 1.09 bits per heavy atom. The van der Waals surface area contributed by atoms with E-state index in [1.54, 1.807) is 11.8 Å². The summed E-state index contributed by atoms with van der Waals surface area (Å²) in [6.45, 7) is 2.21. The minimum Gasteiger partial charge on any atom is -0.379 e. The summed E-state index contributed by atoms with van der Waals surface area (Å²) in [5.74, 6) is 1.96. The van der Waals surface area contributed by atoms with Crippen molar-refractivity contribution in [3.05, 3.63) is 71.8 Å². The van der Waals surface area contributed by atoms with E-state index in [1.807, 2.05) is 11.8 Å². The zero-order valence-electron chi connectivity index (χ0n) is 12.6. The molecule has 0 spiro atoms. The first-order valence-corrected chi connectivity index (χ1v) is 9.45. The maximum Gasteiger partial charge on any atom is 0.154 e. The van der Waals surface area contributed by atoms with Crippen LogP contribution >= 0.6 is 23.5 Å². The van der Waals surface area contributed by atoms with Gasteiger partial charge in [0.1, 0.15) is 0 Å². The molecule has 4 heteroatoms. The van der Waals surface area contributed by atoms with E-state index in [1.165, 1.54) is 11.1 Å². The fourth-order valence-electron chi connectivity index (χ4n) is 3.01. The molecule has 0 bridgehead atoms. The summed E-state index contributed by atoms with van der Waals surface area (Å²) in [7, 11) is 0. The Labute approximate surface area is 140 Å². The van der Waals surface area contributed by atoms with E-state index in [4.69, 9.17) is 10.7 Å². The average Bonchev–Trinajstić information content (AvgIpc) is 3.01. The van der Waals surface area contributed by atoms with E-state index in [9.17, 15) is 0 Å². The third-order valence-corrected chi connectivity index (χ3v) is 6.29. The van der Waals surface area contributed by atoms with Crippen LogP contribution in [0, 0.1) is 0 Å². The predicted octanol–water partition coefficient (Wildman–Crippen LogP) is 4.11. The molecule has 3 rings (SSSR count). The molecule has 0 radical (unpaired) electrons. The van der Waals surface area contributed by atoms with Gasteiger partial charge in [0.2, 0.25) is 0 Å². The van der Waals surface area contributed by atoms with Crippen molar-refractivity contribution in [1.82, 2.24) is 0 Å². The minimum absolute atomic E-state index is 0.159. The maximum atomic E-state index is 5.98. The van der Waals surface area contributed by atoms with Crippen molar-refractivity contribution in [1.29, 1.82) is 0 Å². The molecule has 1 heterocycles. The van der Waals surface area contributed by atoms with Crippen LogP contribution in [-0.2, 0) is 4.75 Å². The molecule has 0 fully saturated rings. The maximum absolute atomic E-state index is 5.98. The molecule has 1 aliphatic heterocycles. The fourth-order valence-corrected chi connectivity index (χ4v) is 5.36. The van der Waals surface area contributed by atoms with E-state index < -0.39 is 0 Å². The molecule has 1 aliphatic rings. The van der Waals surface area contributed by atoms with E-state index in [0.29, 0.717) is 5.17 Å². The summed E-state index contributed by atoms with van der Waals surface area (Å²) in [6.07, 6.45) is 0. The number of hydrogen-bond acceptors (Lipinski definition) is 4. The largest absolute Gasteiger partial charge is 0.379 e. The molecule has 114 valence electrons. The number of nitrogens with zero attached hydrogens (tertiary/aromatic N) is 1. The first-order chi connectivity index (χ1) is 10.8. The first-order valence-electron chi connectivity index (χ1n) is 7.48. The molecular formula is C18H20N2S2. The van der Waals surface area contributed by atoms with Gasteiger partial charge in [-0.15, -0.1) is 11.8 Å². The smallest absolute Gasteiger partial charge is 0.154 e. The quantitative estimate of drug-likeness (QED) is 0.897. The van der Waals surface area contributed by atoms with Crippen LogP contribution < -0.4 is 5.73 Å². The molecule has 2 aromatic carbocycles. The number of aliphatic imine (C=N–C) groups is 1. The van der Waals surface area contributed by atoms with Crippen LogP contribution in [0.1, 0.15) is 18.1 Å². The molecule has 0 saturated heterocycles. The summed E-state index contributed by atoms with van der Waals surface area (Å²) in [5.41, 5.74) is 8.58. The van der Waals surface area contributed by atoms with Crippen molar-refractivity contribution in [2.45, 2.75) is 17.7 Å². The van der Waals surface area contributed by atoms with Gasteiger partial charge in [-0.1, -0.05) is 79.3 Å². The number of amidine groups is 1. The van der Waals surface area contributed by atoms with Gasteiger partial charge in [0.05, 0.1) is 10.8 Å². The van der Waals surface area contributed by atoms with E-state index in [0.717, 1.165) is 11.5 Å². The molecule has 2 nitrogen and oxygen atoms in total. The van der Waals surface area contributed by atoms with Crippen LogP contribution in [0.15, 0.2) is 65.7 Å². The second kappa shape index (κ2) is 6.80. The highest BCUT2D eigenvalue weighted by Gasteiger charge is 2.44. The lowest BCUT2D eigenvalue weighted by atomic mass is 9.84. The number of benzene rings is 2. The molecule has 0 amide bonds. The Morgan fingerprint density at radius 3 is 2.05 bits per heavy atom. The van der Waals surface area contributed by atoms with Gasteiger partial charge in [-0.3, -0.25) is 4.99 Å². The number of hydrogen-bond donors (Lipinski definition) is 1. The average molecular weight is 329 g/mol. The van der Waals surface area contributed by atoms with Crippen molar-refractivity contribution in [3.8, 4) is 0 Å². The lowest BCUT2D eigenvalue weighted by molar-refractivity contribution is 0.611. The molecule has 2 N–H and O–H groups in total. The highest BCUT2D eigenvalue weighted by molar-refractivity contribution is 8.14. The predicted molar refractivity (Wildman–Crippen MR) is 99.7 cm³/mol. The lowest BCUT2D eigenvalue weighted by Gasteiger charge is -2.37. The number of thioether (sulfide) groups is 2. The summed E-state index contributed by atoms with van der Waals surface area (Å²) in [6, 6.07) is 21.6. The highest BCUT2D eigenvalue weighted by Crippen LogP contribution is 2.49. The third-order valence-electron chi connectivity index (χ3n) is 3.92. The zero-order valence-corrected chi connectivity index (χ0v) is 14.2. The Hall–Kier alpha value is -1.39. The molecule has 0 aliphatic carbocycles. The van der Waals surface area contributed by atoms with Gasteiger partial charge in [-0.25, -0.2) is 0 Å². The van der Waals surface area contributed by atoms with Crippen LogP contribution in [0.3, 0.4) is 0 Å². The SMILES string of the molecule is CCSC(c1ccccc1)(c1ccccc1)C1CSC(N)=N1. The third kappa shape index (κ3) is 2.77. The summed E-state index contributed by atoms with van der Waals surface area (Å²) < 4.78 is -0.175. The first kappa shape index (κ1) is 15.5. The molecular weight excluding hydrogens is 308 g/mol. The molecule has 0 aromatic heterocycles. The normalized spacial score (nSPS) is 18.2. The molecule has 1 unspecified atom stereocenters. The van der Waals surface area contributed by atoms with E-state index in [2.05, 4.69) is 67.6 Å². The van der Waals surface area contributed by atoms with Gasteiger partial charge in [-0.2, -0.15) is 0 Å². The zero-order chi connectivity index (χ0) is 15.4. The monoisotopic (exact) mass is 328 g/mol. The van der Waals surface area contributed by atoms with Gasteiger partial charge < -0.3 is 5.73 Å². The van der Waals surface area contributed by atoms with Gasteiger partial charge in [0.15, 0.2) is 5.17 Å². The highest BCUT2D eigenvalue weighted by atomic mass is 32.2. The Balaban J connectivity index is 2.19. The summed E-state index contributed by atoms with van der Waals surface area (Å²) >= 11 is 3.62. The van der Waals surface area contributed by atoms with Crippen LogP contribution in [0.25, 0.3) is 0 Å². The Bertz CT molecular complexity index is 601. The number of nitrogens with two attached hydrogens (primary N) is 1. The van der Waals surface area contributed by atoms with Crippen molar-refractivity contribution < 1.29 is 0 Å². The van der Waals surface area contributed by atoms with Gasteiger partial charge in [0, 0.05) is 5.75 Å². The van der Waals surface area contributed by atoms with E-state index in [-0.39, 0.29) is 10.8 Å². The van der Waals surface area contributed by atoms with E-state index >= 15 is 0 Å². The fraction of sp³-hybridized carbons (Fsp3) is 0.278. The summed E-state index contributed by atoms with van der Waals surface area (Å²) in [5, 5.41) is 0.706. The minimum atomic E-state index is -0.175. The topological polar surface area (TPSA) is 38.4 Å². The van der Waals surface area contributed by atoms with Crippen molar-refractivity contribution in [3.63, 3.8) is 0 Å². The molecule has 0 saturated carbocycles. The molecule has 22 heavy (non-hydrogen) atoms. The van der Waals surface area contributed by atoms with Gasteiger partial charge >= 0.3 is 0 Å². The molecule has 2 aromatic rings.